The maximum absolute atomic E-state index is 13.0. The summed E-state index contributed by atoms with van der Waals surface area (Å²) in [4.78, 5) is 0. The molecule has 0 aliphatic carbocycles. The van der Waals surface area contributed by atoms with Crippen LogP contribution in [0.4, 0.5) is 8.78 Å². The average molecular weight is 246 g/mol. The van der Waals surface area contributed by atoms with Gasteiger partial charge < -0.3 is 14.6 Å². The minimum atomic E-state index is -1.22. The predicted molar refractivity (Wildman–Crippen MR) is 58.4 cm³/mol. The highest BCUT2D eigenvalue weighted by molar-refractivity contribution is 5.20. The number of rotatable bonds is 6. The first-order chi connectivity index (χ1) is 8.08. The lowest BCUT2D eigenvalue weighted by Crippen LogP contribution is -2.26. The Balaban J connectivity index is 2.87. The van der Waals surface area contributed by atoms with Crippen molar-refractivity contribution < 1.29 is 23.4 Å². The van der Waals surface area contributed by atoms with E-state index < -0.39 is 24.0 Å². The number of aliphatic hydroxyl groups is 1. The molecule has 0 saturated heterocycles. The molecule has 1 rings (SSSR count). The van der Waals surface area contributed by atoms with Gasteiger partial charge in [-0.15, -0.1) is 0 Å². The largest absolute Gasteiger partial charge is 0.383 e. The lowest BCUT2D eigenvalue weighted by atomic mass is 10.1. The second-order valence-electron chi connectivity index (χ2n) is 3.43. The molecule has 0 bridgehead atoms. The normalized spacial score (nSPS) is 13.1. The van der Waals surface area contributed by atoms with Gasteiger partial charge >= 0.3 is 0 Å². The molecule has 0 fully saturated rings. The molecular formula is C12H16F2O3. The fourth-order valence-corrected chi connectivity index (χ4v) is 1.46. The first-order valence-electron chi connectivity index (χ1n) is 5.45. The monoisotopic (exact) mass is 246 g/mol. The summed E-state index contributed by atoms with van der Waals surface area (Å²) in [5.74, 6) is -1.49. The van der Waals surface area contributed by atoms with Gasteiger partial charge in [0.15, 0.2) is 6.29 Å². The van der Waals surface area contributed by atoms with Crippen LogP contribution in [-0.4, -0.2) is 24.6 Å². The Morgan fingerprint density at radius 1 is 1.06 bits per heavy atom. The van der Waals surface area contributed by atoms with Gasteiger partial charge in [0.1, 0.15) is 17.7 Å². The molecule has 0 amide bonds. The van der Waals surface area contributed by atoms with Crippen LogP contribution in [0.15, 0.2) is 18.2 Å². The molecule has 0 aliphatic heterocycles. The lowest BCUT2D eigenvalue weighted by molar-refractivity contribution is -0.191. The van der Waals surface area contributed by atoms with Gasteiger partial charge in [-0.05, 0) is 31.5 Å². The van der Waals surface area contributed by atoms with Gasteiger partial charge in [-0.1, -0.05) is 0 Å². The van der Waals surface area contributed by atoms with Gasteiger partial charge in [0, 0.05) is 19.3 Å². The SMILES string of the molecule is CCOC(OCC)C(O)c1cc(F)cc(F)c1. The Hall–Kier alpha value is -1.04. The van der Waals surface area contributed by atoms with E-state index in [1.807, 2.05) is 0 Å². The van der Waals surface area contributed by atoms with Crippen molar-refractivity contribution in [1.29, 1.82) is 0 Å². The van der Waals surface area contributed by atoms with E-state index in [1.165, 1.54) is 0 Å². The lowest BCUT2D eigenvalue weighted by Gasteiger charge is -2.22. The van der Waals surface area contributed by atoms with Crippen LogP contribution in [0.3, 0.4) is 0 Å². The van der Waals surface area contributed by atoms with Gasteiger partial charge in [-0.3, -0.25) is 0 Å². The molecule has 0 aromatic heterocycles. The van der Waals surface area contributed by atoms with Crippen LogP contribution in [0.1, 0.15) is 25.5 Å². The fourth-order valence-electron chi connectivity index (χ4n) is 1.46. The Morgan fingerprint density at radius 3 is 1.94 bits per heavy atom. The summed E-state index contributed by atoms with van der Waals surface area (Å²) >= 11 is 0. The first kappa shape index (κ1) is 14.0. The van der Waals surface area contributed by atoms with Crippen molar-refractivity contribution in [3.63, 3.8) is 0 Å². The average Bonchev–Trinajstić information content (AvgIpc) is 2.26. The second-order valence-corrected chi connectivity index (χ2v) is 3.43. The Labute approximate surface area is 99.0 Å². The third-order valence-electron chi connectivity index (χ3n) is 2.15. The number of hydrogen-bond donors (Lipinski definition) is 1. The highest BCUT2D eigenvalue weighted by atomic mass is 19.1. The zero-order valence-electron chi connectivity index (χ0n) is 9.82. The van der Waals surface area contributed by atoms with Crippen molar-refractivity contribution in [2.24, 2.45) is 0 Å². The molecule has 17 heavy (non-hydrogen) atoms. The third-order valence-corrected chi connectivity index (χ3v) is 2.15. The van der Waals surface area contributed by atoms with Crippen molar-refractivity contribution in [3.8, 4) is 0 Å². The standard InChI is InChI=1S/C12H16F2O3/c1-3-16-12(17-4-2)11(15)8-5-9(13)7-10(14)6-8/h5-7,11-12,15H,3-4H2,1-2H3. The molecule has 5 heteroatoms. The van der Waals surface area contributed by atoms with Crippen LogP contribution in [0.2, 0.25) is 0 Å². The van der Waals surface area contributed by atoms with E-state index in [0.717, 1.165) is 18.2 Å². The molecule has 0 heterocycles. The van der Waals surface area contributed by atoms with Crippen LogP contribution < -0.4 is 0 Å². The molecule has 1 aromatic carbocycles. The Kier molecular flexibility index (Phi) is 5.47. The zero-order chi connectivity index (χ0) is 12.8. The van der Waals surface area contributed by atoms with Crippen molar-refractivity contribution in [2.75, 3.05) is 13.2 Å². The molecule has 1 atom stereocenters. The van der Waals surface area contributed by atoms with Crippen molar-refractivity contribution in [2.45, 2.75) is 26.2 Å². The summed E-state index contributed by atoms with van der Waals surface area (Å²) in [5.41, 5.74) is 0.0920. The van der Waals surface area contributed by atoms with Crippen LogP contribution in [0, 0.1) is 11.6 Å². The topological polar surface area (TPSA) is 38.7 Å². The van der Waals surface area contributed by atoms with E-state index in [4.69, 9.17) is 9.47 Å². The molecular weight excluding hydrogens is 230 g/mol. The van der Waals surface area contributed by atoms with Crippen molar-refractivity contribution in [1.82, 2.24) is 0 Å². The van der Waals surface area contributed by atoms with Crippen LogP contribution in [-0.2, 0) is 9.47 Å². The molecule has 0 aliphatic rings. The third kappa shape index (κ3) is 4.03. The minimum Gasteiger partial charge on any atom is -0.383 e. The van der Waals surface area contributed by atoms with Crippen molar-refractivity contribution in [3.05, 3.63) is 35.4 Å². The van der Waals surface area contributed by atoms with Crippen molar-refractivity contribution >= 4 is 0 Å². The molecule has 1 aromatic rings. The number of aliphatic hydroxyl groups excluding tert-OH is 1. The van der Waals surface area contributed by atoms with Crippen LogP contribution in [0.5, 0.6) is 0 Å². The van der Waals surface area contributed by atoms with E-state index in [0.29, 0.717) is 13.2 Å². The fraction of sp³-hybridized carbons (Fsp3) is 0.500. The van der Waals surface area contributed by atoms with E-state index in [9.17, 15) is 13.9 Å². The minimum absolute atomic E-state index is 0.0920. The molecule has 0 saturated carbocycles. The van der Waals surface area contributed by atoms with Gasteiger partial charge in [0.05, 0.1) is 0 Å². The number of hydrogen-bond acceptors (Lipinski definition) is 3. The maximum atomic E-state index is 13.0. The van der Waals surface area contributed by atoms with Gasteiger partial charge in [0.25, 0.3) is 0 Å². The first-order valence-corrected chi connectivity index (χ1v) is 5.45. The van der Waals surface area contributed by atoms with Crippen LogP contribution >= 0.6 is 0 Å². The van der Waals surface area contributed by atoms with E-state index >= 15 is 0 Å². The van der Waals surface area contributed by atoms with Crippen LogP contribution in [0.25, 0.3) is 0 Å². The van der Waals surface area contributed by atoms with Gasteiger partial charge in [0.2, 0.25) is 0 Å². The summed E-state index contributed by atoms with van der Waals surface area (Å²) in [6.07, 6.45) is -2.15. The maximum Gasteiger partial charge on any atom is 0.187 e. The molecule has 1 N–H and O–H groups in total. The highest BCUT2D eigenvalue weighted by Crippen LogP contribution is 2.22. The van der Waals surface area contributed by atoms with Gasteiger partial charge in [-0.25, -0.2) is 8.78 Å². The van der Waals surface area contributed by atoms with E-state index in [2.05, 4.69) is 0 Å². The summed E-state index contributed by atoms with van der Waals surface area (Å²) in [7, 11) is 0. The molecule has 96 valence electrons. The number of halogens is 2. The predicted octanol–water partition coefficient (Wildman–Crippen LogP) is 2.40. The summed E-state index contributed by atoms with van der Waals surface area (Å²) in [6, 6.07) is 2.85. The Bertz CT molecular complexity index is 331. The second kappa shape index (κ2) is 6.64. The van der Waals surface area contributed by atoms with E-state index in [1.54, 1.807) is 13.8 Å². The van der Waals surface area contributed by atoms with Gasteiger partial charge in [-0.2, -0.15) is 0 Å². The molecule has 0 spiro atoms. The molecule has 3 nitrogen and oxygen atoms in total. The quantitative estimate of drug-likeness (QED) is 0.783. The molecule has 1 unspecified atom stereocenters. The summed E-state index contributed by atoms with van der Waals surface area (Å²) in [5, 5.41) is 9.91. The summed E-state index contributed by atoms with van der Waals surface area (Å²) in [6.45, 7) is 4.15. The summed E-state index contributed by atoms with van der Waals surface area (Å²) < 4.78 is 36.3. The molecule has 0 radical (unpaired) electrons. The van der Waals surface area contributed by atoms with E-state index in [-0.39, 0.29) is 5.56 Å². The number of ether oxygens (including phenoxy) is 2. The highest BCUT2D eigenvalue weighted by Gasteiger charge is 2.22. The smallest absolute Gasteiger partial charge is 0.187 e. The number of benzene rings is 1. The Morgan fingerprint density at radius 2 is 1.53 bits per heavy atom. The zero-order valence-corrected chi connectivity index (χ0v) is 9.82.